The zero-order valence-corrected chi connectivity index (χ0v) is 26.2. The number of carboxylic acid groups (broad SMARTS) is 2. The molecule has 194 valence electrons. The van der Waals surface area contributed by atoms with Gasteiger partial charge in [-0.2, -0.15) is 0 Å². The Morgan fingerprint density at radius 1 is 0.585 bits per heavy atom. The molecule has 6 nitrogen and oxygen atoms in total. The second kappa shape index (κ2) is 12.0. The maximum Gasteiger partial charge on any atom is 1.00 e. The molecule has 1 N–H and O–H groups in total. The summed E-state index contributed by atoms with van der Waals surface area (Å²) in [7, 11) is 0. The van der Waals surface area contributed by atoms with Crippen LogP contribution in [0.15, 0.2) is 97.1 Å². The topological polar surface area (TPSA) is 103 Å². The summed E-state index contributed by atoms with van der Waals surface area (Å²) >= 11 is 12.1. The zero-order valence-electron chi connectivity index (χ0n) is 21.6. The number of carboxylic acids is 2. The fourth-order valence-electron chi connectivity index (χ4n) is 4.70. The van der Waals surface area contributed by atoms with Gasteiger partial charge in [0.1, 0.15) is 0 Å². The summed E-state index contributed by atoms with van der Waals surface area (Å²) in [5.41, 5.74) is 5.68. The SMILES string of the molecule is O=C([O-])c1cc(-c2ccc(-c3ccc(-c4cc(C(=O)O)c5cc(Cl)ccc5n4)cc3)cc2)nc2ccc(Cl)cc12.[K+]. The van der Waals surface area contributed by atoms with E-state index in [1.54, 1.807) is 42.5 Å². The summed E-state index contributed by atoms with van der Waals surface area (Å²) < 4.78 is 0. The van der Waals surface area contributed by atoms with E-state index in [-0.39, 0.29) is 62.5 Å². The standard InChI is InChI=1S/C32H18Cl2N2O4.K/c33-21-9-11-27-23(13-21)25(31(37)38)15-29(35-27)19-5-1-17(2-6-19)18-3-7-20(8-4-18)30-16-26(32(39)40)24-14-22(34)10-12-28(24)36-30;/h1-16H,(H,37,38)(H,39,40);/q;+1/p-1. The first-order valence-corrected chi connectivity index (χ1v) is 12.9. The van der Waals surface area contributed by atoms with E-state index in [1.807, 2.05) is 48.5 Å². The molecular weight excluding hydrogens is 586 g/mol. The Balaban J connectivity index is 0.00000337. The molecule has 0 saturated carbocycles. The summed E-state index contributed by atoms with van der Waals surface area (Å²) in [6, 6.07) is 28.2. The first-order chi connectivity index (χ1) is 19.3. The third-order valence-corrected chi connectivity index (χ3v) is 7.16. The molecule has 41 heavy (non-hydrogen) atoms. The third-order valence-electron chi connectivity index (χ3n) is 6.69. The van der Waals surface area contributed by atoms with Crippen LogP contribution in [0.5, 0.6) is 0 Å². The molecule has 4 aromatic carbocycles. The molecule has 0 spiro atoms. The molecule has 0 unspecified atom stereocenters. The molecule has 9 heteroatoms. The first-order valence-electron chi connectivity index (χ1n) is 12.1. The zero-order chi connectivity index (χ0) is 28.0. The number of nitrogens with zero attached hydrogens (tertiary/aromatic N) is 2. The number of benzene rings is 4. The molecule has 6 rings (SSSR count). The van der Waals surface area contributed by atoms with E-state index in [0.29, 0.717) is 43.2 Å². The first kappa shape index (κ1) is 29.4. The number of hydrogen-bond donors (Lipinski definition) is 1. The fourth-order valence-corrected chi connectivity index (χ4v) is 5.05. The van der Waals surface area contributed by atoms with Crippen LogP contribution in [-0.2, 0) is 0 Å². The minimum Gasteiger partial charge on any atom is -0.545 e. The summed E-state index contributed by atoms with van der Waals surface area (Å²) in [6.45, 7) is 0. The molecule has 0 atom stereocenters. The van der Waals surface area contributed by atoms with Gasteiger partial charge in [0.15, 0.2) is 0 Å². The Bertz CT molecular complexity index is 1830. The summed E-state index contributed by atoms with van der Waals surface area (Å²) in [5.74, 6) is -2.35. The van der Waals surface area contributed by atoms with Gasteiger partial charge < -0.3 is 15.0 Å². The van der Waals surface area contributed by atoms with Crippen molar-refractivity contribution in [2.24, 2.45) is 0 Å². The van der Waals surface area contributed by atoms with Gasteiger partial charge in [0.25, 0.3) is 0 Å². The van der Waals surface area contributed by atoms with Crippen LogP contribution in [-0.4, -0.2) is 27.0 Å². The molecule has 0 bridgehead atoms. The van der Waals surface area contributed by atoms with Crippen molar-refractivity contribution in [3.05, 3.63) is 118 Å². The molecular formula is C32H17Cl2KN2O4. The monoisotopic (exact) mass is 602 g/mol. The van der Waals surface area contributed by atoms with E-state index in [9.17, 15) is 19.8 Å². The van der Waals surface area contributed by atoms with Gasteiger partial charge in [-0.15, -0.1) is 0 Å². The number of aromatic carboxylic acids is 2. The molecule has 0 amide bonds. The van der Waals surface area contributed by atoms with Crippen molar-refractivity contribution in [1.82, 2.24) is 9.97 Å². The number of fused-ring (bicyclic) bond motifs is 2. The molecule has 2 heterocycles. The van der Waals surface area contributed by atoms with E-state index < -0.39 is 11.9 Å². The van der Waals surface area contributed by atoms with E-state index in [2.05, 4.69) is 9.97 Å². The van der Waals surface area contributed by atoms with Gasteiger partial charge in [-0.25, -0.2) is 14.8 Å². The van der Waals surface area contributed by atoms with Crippen LogP contribution in [0.1, 0.15) is 20.7 Å². The quantitative estimate of drug-likeness (QED) is 0.297. The van der Waals surface area contributed by atoms with Crippen molar-refractivity contribution in [2.75, 3.05) is 0 Å². The average Bonchev–Trinajstić information content (AvgIpc) is 2.96. The smallest absolute Gasteiger partial charge is 0.545 e. The van der Waals surface area contributed by atoms with E-state index in [4.69, 9.17) is 23.2 Å². The minimum absolute atomic E-state index is 0. The largest absolute Gasteiger partial charge is 1.00 e. The molecule has 0 aliphatic carbocycles. The number of carbonyl (C=O) groups excluding carboxylic acids is 1. The normalized spacial score (nSPS) is 10.9. The maximum absolute atomic E-state index is 11.9. The Hall–Kier alpha value is -3.14. The molecule has 0 aliphatic rings. The second-order valence-electron chi connectivity index (χ2n) is 9.18. The Morgan fingerprint density at radius 3 is 1.39 bits per heavy atom. The Labute approximate surface area is 287 Å². The van der Waals surface area contributed by atoms with Gasteiger partial charge in [0.2, 0.25) is 0 Å². The molecule has 2 aromatic heterocycles. The van der Waals surface area contributed by atoms with Crippen LogP contribution in [0.4, 0.5) is 0 Å². The Morgan fingerprint density at radius 2 is 0.976 bits per heavy atom. The van der Waals surface area contributed by atoms with Crippen molar-refractivity contribution in [1.29, 1.82) is 0 Å². The average molecular weight is 604 g/mol. The number of aromatic nitrogens is 2. The van der Waals surface area contributed by atoms with Crippen molar-refractivity contribution in [3.8, 4) is 33.6 Å². The van der Waals surface area contributed by atoms with Crippen LogP contribution in [0, 0.1) is 0 Å². The number of halogens is 2. The van der Waals surface area contributed by atoms with E-state index in [1.165, 1.54) is 6.07 Å². The predicted octanol–water partition coefficient (Wildman–Crippen LogP) is 4.16. The number of pyridine rings is 2. The van der Waals surface area contributed by atoms with Crippen LogP contribution >= 0.6 is 23.2 Å². The number of rotatable bonds is 5. The summed E-state index contributed by atoms with van der Waals surface area (Å²) in [6.07, 6.45) is 0. The fraction of sp³-hybridized carbons (Fsp3) is 0. The molecule has 0 saturated heterocycles. The molecule has 0 aliphatic heterocycles. The minimum atomic E-state index is -1.30. The second-order valence-corrected chi connectivity index (χ2v) is 10.1. The Kier molecular flexibility index (Phi) is 8.59. The third kappa shape index (κ3) is 5.94. The van der Waals surface area contributed by atoms with Crippen molar-refractivity contribution < 1.29 is 71.2 Å². The van der Waals surface area contributed by atoms with Gasteiger partial charge in [-0.05, 0) is 59.7 Å². The predicted molar refractivity (Wildman–Crippen MR) is 155 cm³/mol. The van der Waals surface area contributed by atoms with Crippen molar-refractivity contribution in [2.45, 2.75) is 0 Å². The van der Waals surface area contributed by atoms with Gasteiger partial charge >= 0.3 is 57.4 Å². The van der Waals surface area contributed by atoms with Crippen LogP contribution in [0.25, 0.3) is 55.4 Å². The number of hydrogen-bond acceptors (Lipinski definition) is 5. The van der Waals surface area contributed by atoms with Crippen molar-refractivity contribution >= 4 is 56.9 Å². The maximum atomic E-state index is 11.9. The van der Waals surface area contributed by atoms with Crippen LogP contribution in [0.2, 0.25) is 10.0 Å². The molecule has 6 aromatic rings. The van der Waals surface area contributed by atoms with E-state index in [0.717, 1.165) is 22.3 Å². The van der Waals surface area contributed by atoms with Crippen LogP contribution in [0.3, 0.4) is 0 Å². The number of carbonyl (C=O) groups is 2. The van der Waals surface area contributed by atoms with Crippen molar-refractivity contribution in [3.63, 3.8) is 0 Å². The summed E-state index contributed by atoms with van der Waals surface area (Å²) in [4.78, 5) is 32.9. The van der Waals surface area contributed by atoms with E-state index >= 15 is 0 Å². The van der Waals surface area contributed by atoms with Gasteiger partial charge in [0, 0.05) is 37.5 Å². The van der Waals surface area contributed by atoms with Gasteiger partial charge in [-0.3, -0.25) is 0 Å². The van der Waals surface area contributed by atoms with Gasteiger partial charge in [-0.1, -0.05) is 71.7 Å². The van der Waals surface area contributed by atoms with Gasteiger partial charge in [0.05, 0.1) is 34.0 Å². The molecule has 0 radical (unpaired) electrons. The summed E-state index contributed by atoms with van der Waals surface area (Å²) in [5, 5.41) is 23.3. The molecule has 0 fully saturated rings. The van der Waals surface area contributed by atoms with Crippen LogP contribution < -0.4 is 56.5 Å².